The van der Waals surface area contributed by atoms with E-state index in [1.807, 2.05) is 0 Å². The van der Waals surface area contributed by atoms with Crippen molar-refractivity contribution in [1.29, 1.82) is 0 Å². The number of nitrogens with one attached hydrogen (secondary N) is 2. The van der Waals surface area contributed by atoms with Crippen molar-refractivity contribution in [1.82, 2.24) is 15.3 Å². The number of H-pyrrole nitrogens is 1. The Bertz CT molecular complexity index is 511. The van der Waals surface area contributed by atoms with Gasteiger partial charge in [0.05, 0.1) is 18.6 Å². The van der Waals surface area contributed by atoms with Crippen LogP contribution in [0.25, 0.3) is 0 Å². The SMILES string of the molecule is Nc1cccc(OCC(=O)NCc2cnc[nH]2)c1. The average molecular weight is 246 g/mol. The van der Waals surface area contributed by atoms with Gasteiger partial charge in [-0.3, -0.25) is 4.79 Å². The van der Waals surface area contributed by atoms with Crippen LogP contribution >= 0.6 is 0 Å². The number of nitrogen functional groups attached to an aromatic ring is 1. The van der Waals surface area contributed by atoms with Gasteiger partial charge in [-0.05, 0) is 12.1 Å². The molecule has 0 unspecified atom stereocenters. The zero-order chi connectivity index (χ0) is 12.8. The lowest BCUT2D eigenvalue weighted by atomic mass is 10.3. The minimum atomic E-state index is -0.202. The summed E-state index contributed by atoms with van der Waals surface area (Å²) in [7, 11) is 0. The van der Waals surface area contributed by atoms with E-state index in [1.54, 1.807) is 36.8 Å². The first kappa shape index (κ1) is 12.0. The number of carbonyl (C=O) groups excluding carboxylic acids is 1. The predicted molar refractivity (Wildman–Crippen MR) is 66.8 cm³/mol. The van der Waals surface area contributed by atoms with E-state index in [4.69, 9.17) is 10.5 Å². The fourth-order valence-corrected chi connectivity index (χ4v) is 1.38. The molecular weight excluding hydrogens is 232 g/mol. The summed E-state index contributed by atoms with van der Waals surface area (Å²) in [6.07, 6.45) is 3.21. The number of aromatic nitrogens is 2. The summed E-state index contributed by atoms with van der Waals surface area (Å²) in [6, 6.07) is 6.94. The molecule has 2 aromatic rings. The van der Waals surface area contributed by atoms with Crippen molar-refractivity contribution in [2.45, 2.75) is 6.54 Å². The van der Waals surface area contributed by atoms with Crippen molar-refractivity contribution in [3.05, 3.63) is 42.5 Å². The zero-order valence-electron chi connectivity index (χ0n) is 9.72. The normalized spacial score (nSPS) is 10.0. The first-order valence-corrected chi connectivity index (χ1v) is 5.46. The quantitative estimate of drug-likeness (QED) is 0.676. The summed E-state index contributed by atoms with van der Waals surface area (Å²) in [5.41, 5.74) is 7.04. The topological polar surface area (TPSA) is 93.0 Å². The molecule has 4 N–H and O–H groups in total. The molecule has 0 saturated heterocycles. The van der Waals surface area contributed by atoms with Crippen molar-refractivity contribution in [3.8, 4) is 5.75 Å². The number of hydrogen-bond donors (Lipinski definition) is 3. The maximum absolute atomic E-state index is 11.5. The minimum absolute atomic E-state index is 0.0441. The Balaban J connectivity index is 1.75. The summed E-state index contributed by atoms with van der Waals surface area (Å²) >= 11 is 0. The van der Waals surface area contributed by atoms with Crippen molar-refractivity contribution in [2.75, 3.05) is 12.3 Å². The van der Waals surface area contributed by atoms with E-state index >= 15 is 0 Å². The van der Waals surface area contributed by atoms with Crippen molar-refractivity contribution < 1.29 is 9.53 Å². The predicted octanol–water partition coefficient (Wildman–Crippen LogP) is 0.687. The highest BCUT2D eigenvalue weighted by molar-refractivity contribution is 5.77. The van der Waals surface area contributed by atoms with E-state index in [2.05, 4.69) is 15.3 Å². The number of imidazole rings is 1. The summed E-state index contributed by atoms with van der Waals surface area (Å²) in [5, 5.41) is 2.70. The number of anilines is 1. The monoisotopic (exact) mass is 246 g/mol. The standard InChI is InChI=1S/C12H14N4O2/c13-9-2-1-3-11(4-9)18-7-12(17)15-6-10-5-14-8-16-10/h1-5,8H,6-7,13H2,(H,14,16)(H,15,17). The van der Waals surface area contributed by atoms with E-state index in [1.165, 1.54) is 0 Å². The number of amides is 1. The van der Waals surface area contributed by atoms with Gasteiger partial charge in [0.15, 0.2) is 6.61 Å². The molecule has 0 fully saturated rings. The molecule has 1 aromatic heterocycles. The van der Waals surface area contributed by atoms with Crippen molar-refractivity contribution in [3.63, 3.8) is 0 Å². The molecule has 18 heavy (non-hydrogen) atoms. The lowest BCUT2D eigenvalue weighted by molar-refractivity contribution is -0.123. The fourth-order valence-electron chi connectivity index (χ4n) is 1.38. The number of hydrogen-bond acceptors (Lipinski definition) is 4. The Morgan fingerprint density at radius 2 is 2.39 bits per heavy atom. The Morgan fingerprint density at radius 1 is 1.50 bits per heavy atom. The van der Waals surface area contributed by atoms with Gasteiger partial charge < -0.3 is 20.8 Å². The average Bonchev–Trinajstić information content (AvgIpc) is 2.87. The minimum Gasteiger partial charge on any atom is -0.484 e. The van der Waals surface area contributed by atoms with E-state index in [-0.39, 0.29) is 12.5 Å². The summed E-state index contributed by atoms with van der Waals surface area (Å²) in [6.45, 7) is 0.358. The highest BCUT2D eigenvalue weighted by Gasteiger charge is 2.03. The van der Waals surface area contributed by atoms with Crippen LogP contribution in [0.1, 0.15) is 5.69 Å². The second-order valence-corrected chi connectivity index (χ2v) is 3.71. The molecule has 1 amide bonds. The molecule has 0 saturated carbocycles. The van der Waals surface area contributed by atoms with Crippen LogP contribution in [0.4, 0.5) is 5.69 Å². The highest BCUT2D eigenvalue weighted by Crippen LogP contribution is 2.13. The van der Waals surface area contributed by atoms with E-state index in [9.17, 15) is 4.79 Å². The van der Waals surface area contributed by atoms with Gasteiger partial charge in [0.1, 0.15) is 5.75 Å². The molecule has 0 aliphatic carbocycles. The van der Waals surface area contributed by atoms with Crippen molar-refractivity contribution in [2.24, 2.45) is 0 Å². The number of nitrogens with zero attached hydrogens (tertiary/aromatic N) is 1. The van der Waals surface area contributed by atoms with Gasteiger partial charge >= 0.3 is 0 Å². The number of rotatable bonds is 5. The number of benzene rings is 1. The van der Waals surface area contributed by atoms with E-state index < -0.39 is 0 Å². The second-order valence-electron chi connectivity index (χ2n) is 3.71. The molecule has 6 nitrogen and oxygen atoms in total. The molecule has 0 bridgehead atoms. The number of nitrogens with two attached hydrogens (primary N) is 1. The molecule has 0 radical (unpaired) electrons. The Morgan fingerprint density at radius 3 is 3.11 bits per heavy atom. The number of aromatic amines is 1. The molecule has 94 valence electrons. The van der Waals surface area contributed by atoms with Crippen LogP contribution in [-0.4, -0.2) is 22.5 Å². The molecule has 0 aliphatic rings. The molecule has 0 aliphatic heterocycles. The van der Waals surface area contributed by atoms with Gasteiger partial charge in [-0.15, -0.1) is 0 Å². The lowest BCUT2D eigenvalue weighted by Crippen LogP contribution is -2.28. The van der Waals surface area contributed by atoms with E-state index in [0.29, 0.717) is 18.0 Å². The Kier molecular flexibility index (Phi) is 3.80. The number of carbonyl (C=O) groups is 1. The molecule has 1 heterocycles. The molecular formula is C12H14N4O2. The molecule has 0 spiro atoms. The molecule has 0 atom stereocenters. The van der Waals surface area contributed by atoms with Gasteiger partial charge in [-0.2, -0.15) is 0 Å². The van der Waals surface area contributed by atoms with Crippen molar-refractivity contribution >= 4 is 11.6 Å². The molecule has 1 aromatic carbocycles. The summed E-state index contributed by atoms with van der Waals surface area (Å²) < 4.78 is 5.30. The first-order valence-electron chi connectivity index (χ1n) is 5.46. The third-order valence-electron chi connectivity index (χ3n) is 2.26. The molecule has 6 heteroatoms. The third kappa shape index (κ3) is 3.51. The van der Waals surface area contributed by atoms with Gasteiger partial charge in [0.25, 0.3) is 5.91 Å². The van der Waals surface area contributed by atoms with Crippen LogP contribution in [0.5, 0.6) is 5.75 Å². The van der Waals surface area contributed by atoms with Gasteiger partial charge in [-0.25, -0.2) is 4.98 Å². The largest absolute Gasteiger partial charge is 0.484 e. The lowest BCUT2D eigenvalue weighted by Gasteiger charge is -2.07. The van der Waals surface area contributed by atoms with E-state index in [0.717, 1.165) is 5.69 Å². The maximum atomic E-state index is 11.5. The maximum Gasteiger partial charge on any atom is 0.258 e. The van der Waals surface area contributed by atoms with Crippen LogP contribution in [0, 0.1) is 0 Å². The Hall–Kier alpha value is -2.50. The van der Waals surface area contributed by atoms with Gasteiger partial charge in [0, 0.05) is 18.0 Å². The van der Waals surface area contributed by atoms with Crippen LogP contribution < -0.4 is 15.8 Å². The Labute approximate surface area is 104 Å². The highest BCUT2D eigenvalue weighted by atomic mass is 16.5. The van der Waals surface area contributed by atoms with Crippen LogP contribution in [0.2, 0.25) is 0 Å². The van der Waals surface area contributed by atoms with Crippen LogP contribution in [-0.2, 0) is 11.3 Å². The number of ether oxygens (including phenoxy) is 1. The zero-order valence-corrected chi connectivity index (χ0v) is 9.72. The fraction of sp³-hybridized carbons (Fsp3) is 0.167. The molecule has 2 rings (SSSR count). The van der Waals surface area contributed by atoms with Crippen LogP contribution in [0.15, 0.2) is 36.8 Å². The second kappa shape index (κ2) is 5.72. The van der Waals surface area contributed by atoms with Gasteiger partial charge in [-0.1, -0.05) is 6.07 Å². The third-order valence-corrected chi connectivity index (χ3v) is 2.26. The summed E-state index contributed by atoms with van der Waals surface area (Å²) in [4.78, 5) is 18.2. The summed E-state index contributed by atoms with van der Waals surface area (Å²) in [5.74, 6) is 0.374. The van der Waals surface area contributed by atoms with Gasteiger partial charge in [0.2, 0.25) is 0 Å². The van der Waals surface area contributed by atoms with Crippen LogP contribution in [0.3, 0.4) is 0 Å². The first-order chi connectivity index (χ1) is 8.74. The smallest absolute Gasteiger partial charge is 0.258 e.